The van der Waals surface area contributed by atoms with Crippen molar-refractivity contribution >= 4 is 10.9 Å². The molecule has 4 nitrogen and oxygen atoms in total. The molecule has 0 aliphatic carbocycles. The van der Waals surface area contributed by atoms with Crippen LogP contribution in [0, 0.1) is 0 Å². The zero-order chi connectivity index (χ0) is 13.2. The highest BCUT2D eigenvalue weighted by Gasteiger charge is 2.06. The van der Waals surface area contributed by atoms with Crippen molar-refractivity contribution < 1.29 is 4.74 Å². The fraction of sp³-hybridized carbons (Fsp3) is 0.200. The molecule has 2 heterocycles. The van der Waals surface area contributed by atoms with E-state index in [9.17, 15) is 0 Å². The standard InChI is InChI=1S/C15H15N3O/c1-10(2)19-12-5-3-11(4-6-12)13-7-16-9-15-14(13)8-17-18-15/h3-10H,1-2H3,(H,17,18). The highest BCUT2D eigenvalue weighted by Crippen LogP contribution is 2.28. The number of nitrogens with one attached hydrogen (secondary N) is 1. The molecule has 2 aromatic heterocycles. The average Bonchev–Trinajstić information content (AvgIpc) is 2.87. The average molecular weight is 253 g/mol. The van der Waals surface area contributed by atoms with E-state index in [0.29, 0.717) is 0 Å². The normalized spacial score (nSPS) is 11.1. The number of aromatic amines is 1. The van der Waals surface area contributed by atoms with E-state index in [-0.39, 0.29) is 6.10 Å². The number of hydrogen-bond acceptors (Lipinski definition) is 3. The number of fused-ring (bicyclic) bond motifs is 1. The van der Waals surface area contributed by atoms with Crippen molar-refractivity contribution in [3.8, 4) is 16.9 Å². The topological polar surface area (TPSA) is 50.8 Å². The summed E-state index contributed by atoms with van der Waals surface area (Å²) in [4.78, 5) is 4.23. The number of rotatable bonds is 3. The second-order valence-corrected chi connectivity index (χ2v) is 4.71. The maximum absolute atomic E-state index is 5.64. The number of nitrogens with zero attached hydrogens (tertiary/aromatic N) is 2. The van der Waals surface area contributed by atoms with E-state index in [1.807, 2.05) is 50.5 Å². The van der Waals surface area contributed by atoms with Crippen molar-refractivity contribution in [3.63, 3.8) is 0 Å². The summed E-state index contributed by atoms with van der Waals surface area (Å²) in [5, 5.41) is 8.06. The Bertz CT molecular complexity index is 686. The largest absolute Gasteiger partial charge is 0.491 e. The molecule has 96 valence electrons. The molecular weight excluding hydrogens is 238 g/mol. The Kier molecular flexibility index (Phi) is 2.91. The quantitative estimate of drug-likeness (QED) is 0.778. The predicted octanol–water partition coefficient (Wildman–Crippen LogP) is 3.41. The molecule has 0 spiro atoms. The fourth-order valence-electron chi connectivity index (χ4n) is 2.08. The van der Waals surface area contributed by atoms with E-state index >= 15 is 0 Å². The summed E-state index contributed by atoms with van der Waals surface area (Å²) >= 11 is 0. The fourth-order valence-corrected chi connectivity index (χ4v) is 2.08. The third-order valence-corrected chi connectivity index (χ3v) is 2.90. The van der Waals surface area contributed by atoms with E-state index < -0.39 is 0 Å². The van der Waals surface area contributed by atoms with Gasteiger partial charge in [-0.2, -0.15) is 5.10 Å². The van der Waals surface area contributed by atoms with E-state index in [1.165, 1.54) is 0 Å². The molecule has 0 unspecified atom stereocenters. The van der Waals surface area contributed by atoms with Crippen LogP contribution in [0.1, 0.15) is 13.8 Å². The van der Waals surface area contributed by atoms with Crippen molar-refractivity contribution in [3.05, 3.63) is 42.9 Å². The second-order valence-electron chi connectivity index (χ2n) is 4.71. The number of ether oxygens (including phenoxy) is 1. The monoisotopic (exact) mass is 253 g/mol. The minimum atomic E-state index is 0.185. The lowest BCUT2D eigenvalue weighted by atomic mass is 10.0. The van der Waals surface area contributed by atoms with Gasteiger partial charge in [-0.3, -0.25) is 10.1 Å². The highest BCUT2D eigenvalue weighted by atomic mass is 16.5. The van der Waals surface area contributed by atoms with Crippen LogP contribution in [0.15, 0.2) is 42.9 Å². The first-order valence-corrected chi connectivity index (χ1v) is 6.28. The van der Waals surface area contributed by atoms with Gasteiger partial charge in [-0.25, -0.2) is 0 Å². The molecule has 0 aliphatic heterocycles. The Hall–Kier alpha value is -2.36. The van der Waals surface area contributed by atoms with E-state index in [4.69, 9.17) is 4.74 Å². The summed E-state index contributed by atoms with van der Waals surface area (Å²) in [6, 6.07) is 8.05. The molecule has 0 aliphatic rings. The van der Waals surface area contributed by atoms with Crippen LogP contribution in [-0.2, 0) is 0 Å². The highest BCUT2D eigenvalue weighted by molar-refractivity contribution is 5.93. The molecule has 0 atom stereocenters. The second kappa shape index (κ2) is 4.72. The Balaban J connectivity index is 2.00. The molecular formula is C15H15N3O. The van der Waals surface area contributed by atoms with Crippen molar-refractivity contribution in [2.24, 2.45) is 0 Å². The summed E-state index contributed by atoms with van der Waals surface area (Å²) in [7, 11) is 0. The van der Waals surface area contributed by atoms with Crippen LogP contribution in [0.3, 0.4) is 0 Å². The molecule has 3 aromatic rings. The van der Waals surface area contributed by atoms with Crippen molar-refractivity contribution in [1.29, 1.82) is 0 Å². The number of pyridine rings is 1. The Morgan fingerprint density at radius 1 is 1.05 bits per heavy atom. The zero-order valence-corrected chi connectivity index (χ0v) is 10.9. The summed E-state index contributed by atoms with van der Waals surface area (Å²) < 4.78 is 5.64. The van der Waals surface area contributed by atoms with Crippen molar-refractivity contribution in [2.75, 3.05) is 0 Å². The number of H-pyrrole nitrogens is 1. The summed E-state index contributed by atoms with van der Waals surface area (Å²) in [5.74, 6) is 0.881. The van der Waals surface area contributed by atoms with Crippen LogP contribution in [0.2, 0.25) is 0 Å². The summed E-state index contributed by atoms with van der Waals surface area (Å²) in [5.41, 5.74) is 3.12. The van der Waals surface area contributed by atoms with Gasteiger partial charge in [0, 0.05) is 17.1 Å². The molecule has 1 N–H and O–H groups in total. The predicted molar refractivity (Wildman–Crippen MR) is 75.1 cm³/mol. The van der Waals surface area contributed by atoms with Gasteiger partial charge in [0.15, 0.2) is 0 Å². The van der Waals surface area contributed by atoms with Gasteiger partial charge >= 0.3 is 0 Å². The number of aromatic nitrogens is 3. The van der Waals surface area contributed by atoms with Gasteiger partial charge in [0.2, 0.25) is 0 Å². The lowest BCUT2D eigenvalue weighted by molar-refractivity contribution is 0.242. The first kappa shape index (κ1) is 11.7. The van der Waals surface area contributed by atoms with Crippen LogP contribution in [0.4, 0.5) is 0 Å². The van der Waals surface area contributed by atoms with E-state index in [0.717, 1.165) is 27.8 Å². The van der Waals surface area contributed by atoms with Gasteiger partial charge in [-0.15, -0.1) is 0 Å². The third-order valence-electron chi connectivity index (χ3n) is 2.90. The van der Waals surface area contributed by atoms with Crippen LogP contribution < -0.4 is 4.74 Å². The minimum absolute atomic E-state index is 0.185. The van der Waals surface area contributed by atoms with Gasteiger partial charge in [-0.1, -0.05) is 12.1 Å². The Morgan fingerprint density at radius 3 is 2.58 bits per heavy atom. The van der Waals surface area contributed by atoms with Crippen LogP contribution in [0.25, 0.3) is 22.0 Å². The van der Waals surface area contributed by atoms with Gasteiger partial charge in [0.25, 0.3) is 0 Å². The molecule has 1 aromatic carbocycles. The molecule has 0 amide bonds. The van der Waals surface area contributed by atoms with Gasteiger partial charge < -0.3 is 4.74 Å². The van der Waals surface area contributed by atoms with Gasteiger partial charge in [0.05, 0.1) is 24.0 Å². The van der Waals surface area contributed by atoms with Gasteiger partial charge in [0.1, 0.15) is 5.75 Å². The Labute approximate surface area is 111 Å². The van der Waals surface area contributed by atoms with Crippen LogP contribution in [-0.4, -0.2) is 21.3 Å². The first-order chi connectivity index (χ1) is 9.24. The maximum atomic E-state index is 5.64. The van der Waals surface area contributed by atoms with E-state index in [2.05, 4.69) is 15.2 Å². The zero-order valence-electron chi connectivity index (χ0n) is 10.9. The van der Waals surface area contributed by atoms with Crippen molar-refractivity contribution in [2.45, 2.75) is 20.0 Å². The molecule has 0 fully saturated rings. The molecule has 0 saturated heterocycles. The summed E-state index contributed by atoms with van der Waals surface area (Å²) in [6.45, 7) is 4.04. The minimum Gasteiger partial charge on any atom is -0.491 e. The molecule has 0 radical (unpaired) electrons. The smallest absolute Gasteiger partial charge is 0.119 e. The molecule has 3 rings (SSSR count). The lowest BCUT2D eigenvalue weighted by Crippen LogP contribution is -2.05. The van der Waals surface area contributed by atoms with Crippen LogP contribution >= 0.6 is 0 Å². The van der Waals surface area contributed by atoms with Crippen LogP contribution in [0.5, 0.6) is 5.75 Å². The molecule has 19 heavy (non-hydrogen) atoms. The number of hydrogen-bond donors (Lipinski definition) is 1. The maximum Gasteiger partial charge on any atom is 0.119 e. The van der Waals surface area contributed by atoms with Crippen molar-refractivity contribution in [1.82, 2.24) is 15.2 Å². The number of benzene rings is 1. The molecule has 0 bridgehead atoms. The van der Waals surface area contributed by atoms with E-state index in [1.54, 1.807) is 6.20 Å². The first-order valence-electron chi connectivity index (χ1n) is 6.28. The van der Waals surface area contributed by atoms with Gasteiger partial charge in [-0.05, 0) is 31.5 Å². The lowest BCUT2D eigenvalue weighted by Gasteiger charge is -2.10. The Morgan fingerprint density at radius 2 is 1.84 bits per heavy atom. The molecule has 0 saturated carbocycles. The third kappa shape index (κ3) is 2.29. The SMILES string of the molecule is CC(C)Oc1ccc(-c2cncc3[nH]ncc23)cc1. The summed E-state index contributed by atoms with van der Waals surface area (Å²) in [6.07, 6.45) is 5.65. The molecule has 4 heteroatoms.